The highest BCUT2D eigenvalue weighted by atomic mass is 79.9. The van der Waals surface area contributed by atoms with Crippen LogP contribution in [0.5, 0.6) is 0 Å². The van der Waals surface area contributed by atoms with E-state index in [1.807, 2.05) is 12.4 Å². The standard InChI is InChI=1S/C25H15Br2N/c26-23(27)13-18-12-11-17-10-9-16-5-1-4-8-21(16)24(17)25(18)22-15-28-14-19-6-2-3-7-20(19)22/h1-15H. The van der Waals surface area contributed by atoms with E-state index in [9.17, 15) is 0 Å². The highest BCUT2D eigenvalue weighted by Crippen LogP contribution is 2.40. The van der Waals surface area contributed by atoms with Gasteiger partial charge in [-0.2, -0.15) is 0 Å². The van der Waals surface area contributed by atoms with Crippen LogP contribution >= 0.6 is 31.9 Å². The lowest BCUT2D eigenvalue weighted by Gasteiger charge is -2.15. The molecule has 0 bridgehead atoms. The molecule has 0 spiro atoms. The summed E-state index contributed by atoms with van der Waals surface area (Å²) in [5.41, 5.74) is 3.49. The molecule has 0 unspecified atom stereocenters. The van der Waals surface area contributed by atoms with Crippen molar-refractivity contribution in [3.05, 3.63) is 94.1 Å². The number of hydrogen-bond acceptors (Lipinski definition) is 1. The Balaban J connectivity index is 2.03. The van der Waals surface area contributed by atoms with Gasteiger partial charge in [-0.3, -0.25) is 4.98 Å². The van der Waals surface area contributed by atoms with Crippen molar-refractivity contribution in [1.29, 1.82) is 0 Å². The van der Waals surface area contributed by atoms with Crippen LogP contribution in [-0.2, 0) is 0 Å². The zero-order valence-corrected chi connectivity index (χ0v) is 18.0. The van der Waals surface area contributed by atoms with Crippen LogP contribution in [0.15, 0.2) is 88.6 Å². The lowest BCUT2D eigenvalue weighted by Crippen LogP contribution is -1.91. The molecule has 5 rings (SSSR count). The number of hydrogen-bond donors (Lipinski definition) is 0. The van der Waals surface area contributed by atoms with Gasteiger partial charge in [-0.05, 0) is 76.0 Å². The number of pyridine rings is 1. The second kappa shape index (κ2) is 7.16. The second-order valence-electron chi connectivity index (χ2n) is 6.76. The zero-order valence-electron chi connectivity index (χ0n) is 14.9. The molecule has 0 radical (unpaired) electrons. The van der Waals surface area contributed by atoms with E-state index >= 15 is 0 Å². The minimum atomic E-state index is 0.911. The van der Waals surface area contributed by atoms with E-state index in [1.54, 1.807) is 0 Å². The summed E-state index contributed by atoms with van der Waals surface area (Å²) in [6, 6.07) is 25.8. The molecule has 0 aliphatic heterocycles. The van der Waals surface area contributed by atoms with Crippen LogP contribution in [0.3, 0.4) is 0 Å². The molecular formula is C25H15Br2N. The lowest BCUT2D eigenvalue weighted by atomic mass is 9.89. The van der Waals surface area contributed by atoms with Crippen molar-refractivity contribution in [2.75, 3.05) is 0 Å². The topological polar surface area (TPSA) is 12.9 Å². The van der Waals surface area contributed by atoms with E-state index in [0.29, 0.717) is 0 Å². The molecule has 0 fully saturated rings. The molecule has 1 aromatic heterocycles. The summed E-state index contributed by atoms with van der Waals surface area (Å²) in [6.45, 7) is 0. The maximum Gasteiger partial charge on any atom is 0.0610 e. The van der Waals surface area contributed by atoms with Gasteiger partial charge in [-0.1, -0.05) is 72.8 Å². The maximum absolute atomic E-state index is 4.55. The Kier molecular flexibility index (Phi) is 4.50. The Morgan fingerprint density at radius 2 is 1.36 bits per heavy atom. The molecule has 0 atom stereocenters. The van der Waals surface area contributed by atoms with Gasteiger partial charge in [0.25, 0.3) is 0 Å². The average Bonchev–Trinajstić information content (AvgIpc) is 2.73. The van der Waals surface area contributed by atoms with Crippen molar-refractivity contribution in [2.45, 2.75) is 0 Å². The molecule has 0 N–H and O–H groups in total. The third-order valence-electron chi connectivity index (χ3n) is 5.14. The van der Waals surface area contributed by atoms with Crippen LogP contribution in [0.4, 0.5) is 0 Å². The van der Waals surface area contributed by atoms with Gasteiger partial charge in [-0.25, -0.2) is 0 Å². The van der Waals surface area contributed by atoms with Gasteiger partial charge < -0.3 is 0 Å². The van der Waals surface area contributed by atoms with E-state index in [1.165, 1.54) is 32.5 Å². The Morgan fingerprint density at radius 1 is 0.679 bits per heavy atom. The highest BCUT2D eigenvalue weighted by molar-refractivity contribution is 9.28. The van der Waals surface area contributed by atoms with Crippen LogP contribution in [-0.4, -0.2) is 4.98 Å². The normalized spacial score (nSPS) is 11.2. The molecule has 134 valence electrons. The lowest BCUT2D eigenvalue weighted by molar-refractivity contribution is 1.36. The quantitative estimate of drug-likeness (QED) is 0.228. The number of halogens is 2. The van der Waals surface area contributed by atoms with Crippen LogP contribution in [0.25, 0.3) is 49.5 Å². The molecular weight excluding hydrogens is 474 g/mol. The van der Waals surface area contributed by atoms with Gasteiger partial charge in [0.1, 0.15) is 0 Å². The predicted octanol–water partition coefficient (Wildman–Crippen LogP) is 8.30. The molecule has 28 heavy (non-hydrogen) atoms. The van der Waals surface area contributed by atoms with Gasteiger partial charge in [0.15, 0.2) is 0 Å². The summed E-state index contributed by atoms with van der Waals surface area (Å²) in [5.74, 6) is 0. The molecule has 1 nitrogen and oxygen atoms in total. The van der Waals surface area contributed by atoms with E-state index in [2.05, 4.69) is 116 Å². The number of benzene rings is 4. The van der Waals surface area contributed by atoms with Crippen LogP contribution in [0, 0.1) is 0 Å². The molecule has 0 saturated carbocycles. The van der Waals surface area contributed by atoms with Crippen molar-refractivity contribution < 1.29 is 0 Å². The monoisotopic (exact) mass is 487 g/mol. The first kappa shape index (κ1) is 17.6. The van der Waals surface area contributed by atoms with Crippen molar-refractivity contribution in [3.8, 4) is 11.1 Å². The van der Waals surface area contributed by atoms with Crippen LogP contribution < -0.4 is 0 Å². The predicted molar refractivity (Wildman–Crippen MR) is 128 cm³/mol. The average molecular weight is 489 g/mol. The van der Waals surface area contributed by atoms with Crippen molar-refractivity contribution >= 4 is 70.3 Å². The number of fused-ring (bicyclic) bond motifs is 4. The first-order valence-corrected chi connectivity index (χ1v) is 10.6. The third-order valence-corrected chi connectivity index (χ3v) is 5.60. The molecule has 0 saturated heterocycles. The van der Waals surface area contributed by atoms with E-state index in [0.717, 1.165) is 19.9 Å². The smallest absolute Gasteiger partial charge is 0.0610 e. The summed E-state index contributed by atoms with van der Waals surface area (Å²) >= 11 is 7.09. The molecule has 0 amide bonds. The second-order valence-corrected chi connectivity index (χ2v) is 9.53. The minimum absolute atomic E-state index is 0.911. The first-order chi connectivity index (χ1) is 13.7. The molecule has 0 aliphatic carbocycles. The highest BCUT2D eigenvalue weighted by Gasteiger charge is 2.14. The van der Waals surface area contributed by atoms with E-state index < -0.39 is 0 Å². The van der Waals surface area contributed by atoms with E-state index in [4.69, 9.17) is 0 Å². The van der Waals surface area contributed by atoms with Gasteiger partial charge in [-0.15, -0.1) is 0 Å². The summed E-state index contributed by atoms with van der Waals surface area (Å²) in [7, 11) is 0. The van der Waals surface area contributed by atoms with E-state index in [-0.39, 0.29) is 0 Å². The van der Waals surface area contributed by atoms with Gasteiger partial charge in [0, 0.05) is 23.3 Å². The SMILES string of the molecule is BrC(Br)=Cc1ccc2ccc3ccccc3c2c1-c1cncc2ccccc12. The Bertz CT molecular complexity index is 1380. The number of rotatable bonds is 2. The van der Waals surface area contributed by atoms with Crippen molar-refractivity contribution in [1.82, 2.24) is 4.98 Å². The van der Waals surface area contributed by atoms with Crippen molar-refractivity contribution in [2.24, 2.45) is 0 Å². The Hall–Kier alpha value is -2.49. The minimum Gasteiger partial charge on any atom is -0.263 e. The van der Waals surface area contributed by atoms with Crippen molar-refractivity contribution in [3.63, 3.8) is 0 Å². The first-order valence-electron chi connectivity index (χ1n) is 9.03. The fraction of sp³-hybridized carbons (Fsp3) is 0. The largest absolute Gasteiger partial charge is 0.263 e. The fourth-order valence-electron chi connectivity index (χ4n) is 3.96. The maximum atomic E-state index is 4.55. The number of aromatic nitrogens is 1. The summed E-state index contributed by atoms with van der Waals surface area (Å²) in [5, 5.41) is 7.33. The zero-order chi connectivity index (χ0) is 19.1. The summed E-state index contributed by atoms with van der Waals surface area (Å²) < 4.78 is 0.911. The fourth-order valence-corrected chi connectivity index (χ4v) is 4.45. The van der Waals surface area contributed by atoms with Gasteiger partial charge >= 0.3 is 0 Å². The molecule has 0 aliphatic rings. The molecule has 5 aromatic rings. The van der Waals surface area contributed by atoms with Crippen LogP contribution in [0.1, 0.15) is 5.56 Å². The molecule has 4 aromatic carbocycles. The summed E-state index contributed by atoms with van der Waals surface area (Å²) in [6.07, 6.45) is 6.02. The van der Waals surface area contributed by atoms with Gasteiger partial charge in [0.2, 0.25) is 0 Å². The van der Waals surface area contributed by atoms with Gasteiger partial charge in [0.05, 0.1) is 3.39 Å². The van der Waals surface area contributed by atoms with Crippen LogP contribution in [0.2, 0.25) is 0 Å². The Labute approximate surface area is 180 Å². The number of nitrogens with zero attached hydrogens (tertiary/aromatic N) is 1. The molecule has 1 heterocycles. The molecule has 3 heteroatoms. The summed E-state index contributed by atoms with van der Waals surface area (Å²) in [4.78, 5) is 4.55. The Morgan fingerprint density at radius 3 is 2.18 bits per heavy atom. The third kappa shape index (κ3) is 2.95.